The summed E-state index contributed by atoms with van der Waals surface area (Å²) in [6, 6.07) is 1.74. The van der Waals surface area contributed by atoms with Crippen LogP contribution in [0.5, 0.6) is 0 Å². The number of fused-ring (bicyclic) bond motifs is 1. The van der Waals surface area contributed by atoms with Crippen molar-refractivity contribution in [1.82, 2.24) is 9.55 Å². The van der Waals surface area contributed by atoms with Crippen LogP contribution in [0.25, 0.3) is 10.9 Å². The van der Waals surface area contributed by atoms with E-state index in [-0.39, 0.29) is 37.3 Å². The van der Waals surface area contributed by atoms with Crippen molar-refractivity contribution in [3.05, 3.63) is 33.1 Å². The largest absolute Gasteiger partial charge is 0.342 e. The third kappa shape index (κ3) is 2.92. The Morgan fingerprint density at radius 2 is 1.84 bits per heavy atom. The molecule has 3 rings (SSSR count). The molecule has 2 aromatic rings. The van der Waals surface area contributed by atoms with Crippen molar-refractivity contribution in [1.29, 1.82) is 0 Å². The van der Waals surface area contributed by atoms with Gasteiger partial charge in [-0.2, -0.15) is 0 Å². The van der Waals surface area contributed by atoms with Crippen molar-refractivity contribution in [2.75, 3.05) is 18.0 Å². The number of aryl methyl sites for hydroxylation is 1. The molecule has 0 radical (unpaired) electrons. The normalized spacial score (nSPS) is 17.1. The van der Waals surface area contributed by atoms with Gasteiger partial charge in [0.15, 0.2) is 5.78 Å². The van der Waals surface area contributed by atoms with Gasteiger partial charge in [-0.05, 0) is 38.0 Å². The van der Waals surface area contributed by atoms with Gasteiger partial charge in [0.1, 0.15) is 0 Å². The molecule has 1 fully saturated rings. The standard InChI is InChI=1S/C18H21F2N3O2/c1-10-9-13-15(14(11(10)2)12(3)24)21-17(22(4)16(13)25)23-7-5-18(19,20)6-8-23/h9H,5-8H2,1-4H3. The van der Waals surface area contributed by atoms with Gasteiger partial charge in [0.2, 0.25) is 5.95 Å². The number of ketones is 1. The van der Waals surface area contributed by atoms with Gasteiger partial charge in [-0.1, -0.05) is 0 Å². The van der Waals surface area contributed by atoms with E-state index in [0.29, 0.717) is 22.4 Å². The first-order valence-corrected chi connectivity index (χ1v) is 8.27. The molecular weight excluding hydrogens is 328 g/mol. The highest BCUT2D eigenvalue weighted by Crippen LogP contribution is 2.30. The Balaban J connectivity index is 2.24. The zero-order valence-corrected chi connectivity index (χ0v) is 14.8. The summed E-state index contributed by atoms with van der Waals surface area (Å²) in [5.41, 5.74) is 2.14. The first kappa shape index (κ1) is 17.5. The summed E-state index contributed by atoms with van der Waals surface area (Å²) < 4.78 is 28.2. The quantitative estimate of drug-likeness (QED) is 0.782. The summed E-state index contributed by atoms with van der Waals surface area (Å²) in [5, 5.41) is 0.377. The number of hydrogen-bond acceptors (Lipinski definition) is 4. The van der Waals surface area contributed by atoms with Crippen LogP contribution in [0.3, 0.4) is 0 Å². The molecule has 7 heteroatoms. The lowest BCUT2D eigenvalue weighted by atomic mass is 9.97. The van der Waals surface area contributed by atoms with Crippen LogP contribution in [0.2, 0.25) is 0 Å². The van der Waals surface area contributed by atoms with E-state index in [4.69, 9.17) is 0 Å². The van der Waals surface area contributed by atoms with Crippen LogP contribution < -0.4 is 10.5 Å². The maximum atomic E-state index is 13.4. The Morgan fingerprint density at radius 1 is 1.24 bits per heavy atom. The number of hydrogen-bond donors (Lipinski definition) is 0. The Hall–Kier alpha value is -2.31. The molecule has 1 aromatic carbocycles. The number of aromatic nitrogens is 2. The predicted octanol–water partition coefficient (Wildman–Crippen LogP) is 2.99. The lowest BCUT2D eigenvalue weighted by molar-refractivity contribution is -0.0223. The van der Waals surface area contributed by atoms with E-state index in [1.165, 1.54) is 11.5 Å². The minimum Gasteiger partial charge on any atom is -0.342 e. The topological polar surface area (TPSA) is 55.2 Å². The highest BCUT2D eigenvalue weighted by Gasteiger charge is 2.35. The van der Waals surface area contributed by atoms with E-state index >= 15 is 0 Å². The summed E-state index contributed by atoms with van der Waals surface area (Å²) in [7, 11) is 1.58. The zero-order chi connectivity index (χ0) is 18.5. The molecule has 1 saturated heterocycles. The fraction of sp³-hybridized carbons (Fsp3) is 0.500. The van der Waals surface area contributed by atoms with E-state index in [1.54, 1.807) is 18.0 Å². The molecule has 25 heavy (non-hydrogen) atoms. The van der Waals surface area contributed by atoms with Crippen LogP contribution in [0.15, 0.2) is 10.9 Å². The van der Waals surface area contributed by atoms with Crippen LogP contribution in [-0.4, -0.2) is 34.3 Å². The van der Waals surface area contributed by atoms with E-state index in [0.717, 1.165) is 11.1 Å². The SMILES string of the molecule is CC(=O)c1c(C)c(C)cc2c(=O)n(C)c(N3CCC(F)(F)CC3)nc12. The number of carbonyl (C=O) groups is 1. The molecule has 0 aliphatic carbocycles. The molecular formula is C18H21F2N3O2. The number of rotatable bonds is 2. The summed E-state index contributed by atoms with van der Waals surface area (Å²) in [5.74, 6) is -2.51. The number of anilines is 1. The van der Waals surface area contributed by atoms with E-state index in [2.05, 4.69) is 4.98 Å². The van der Waals surface area contributed by atoms with Gasteiger partial charge in [-0.3, -0.25) is 14.2 Å². The van der Waals surface area contributed by atoms with Crippen molar-refractivity contribution >= 4 is 22.6 Å². The molecule has 0 spiro atoms. The maximum Gasteiger partial charge on any atom is 0.262 e. The lowest BCUT2D eigenvalue weighted by Gasteiger charge is -2.33. The molecule has 0 atom stereocenters. The first-order valence-electron chi connectivity index (χ1n) is 8.27. The number of Topliss-reactive ketones (excluding diaryl/α,β-unsaturated/α-hetero) is 1. The number of piperidine rings is 1. The smallest absolute Gasteiger partial charge is 0.262 e. The molecule has 134 valence electrons. The van der Waals surface area contributed by atoms with Crippen LogP contribution in [0.1, 0.15) is 41.3 Å². The summed E-state index contributed by atoms with van der Waals surface area (Å²) in [6.45, 7) is 5.37. The first-order chi connectivity index (χ1) is 11.6. The van der Waals surface area contributed by atoms with Crippen LogP contribution in [0.4, 0.5) is 14.7 Å². The predicted molar refractivity (Wildman–Crippen MR) is 92.9 cm³/mol. The van der Waals surface area contributed by atoms with Gasteiger partial charge >= 0.3 is 0 Å². The molecule has 0 saturated carbocycles. The third-order valence-corrected chi connectivity index (χ3v) is 5.00. The molecule has 0 bridgehead atoms. The molecule has 2 heterocycles. The van der Waals surface area contributed by atoms with Gasteiger partial charge < -0.3 is 4.90 Å². The molecule has 1 aromatic heterocycles. The average Bonchev–Trinajstić information content (AvgIpc) is 2.53. The number of benzene rings is 1. The second kappa shape index (κ2) is 5.89. The summed E-state index contributed by atoms with van der Waals surface area (Å²) >= 11 is 0. The fourth-order valence-corrected chi connectivity index (χ4v) is 3.38. The fourth-order valence-electron chi connectivity index (χ4n) is 3.38. The van der Waals surface area contributed by atoms with Crippen molar-refractivity contribution in [2.24, 2.45) is 7.05 Å². The van der Waals surface area contributed by atoms with Crippen molar-refractivity contribution in [2.45, 2.75) is 39.5 Å². The van der Waals surface area contributed by atoms with Crippen LogP contribution in [0, 0.1) is 13.8 Å². The van der Waals surface area contributed by atoms with E-state index in [9.17, 15) is 18.4 Å². The minimum atomic E-state index is -2.68. The van der Waals surface area contributed by atoms with E-state index in [1.807, 2.05) is 13.8 Å². The summed E-state index contributed by atoms with van der Waals surface area (Å²) in [4.78, 5) is 31.2. The van der Waals surface area contributed by atoms with Crippen LogP contribution in [-0.2, 0) is 7.05 Å². The Bertz CT molecular complexity index is 924. The zero-order valence-electron chi connectivity index (χ0n) is 14.8. The van der Waals surface area contributed by atoms with Gasteiger partial charge in [0.25, 0.3) is 11.5 Å². The molecule has 0 N–H and O–H groups in total. The minimum absolute atomic E-state index is 0.124. The average molecular weight is 349 g/mol. The number of alkyl halides is 2. The summed E-state index contributed by atoms with van der Waals surface area (Å²) in [6.07, 6.45) is -0.541. The Labute approximate surface area is 144 Å². The van der Waals surface area contributed by atoms with Gasteiger partial charge in [0, 0.05) is 38.5 Å². The molecule has 5 nitrogen and oxygen atoms in total. The Kier molecular flexibility index (Phi) is 4.13. The molecule has 0 unspecified atom stereocenters. The van der Waals surface area contributed by atoms with Crippen LogP contribution >= 0.6 is 0 Å². The van der Waals surface area contributed by atoms with Crippen molar-refractivity contribution in [3.8, 4) is 0 Å². The highest BCUT2D eigenvalue weighted by atomic mass is 19.3. The maximum absolute atomic E-state index is 13.4. The molecule has 1 aliphatic rings. The third-order valence-electron chi connectivity index (χ3n) is 5.00. The van der Waals surface area contributed by atoms with E-state index < -0.39 is 5.92 Å². The Morgan fingerprint density at radius 3 is 2.40 bits per heavy atom. The number of nitrogens with zero attached hydrogens (tertiary/aromatic N) is 3. The number of carbonyl (C=O) groups excluding carboxylic acids is 1. The second-order valence-electron chi connectivity index (χ2n) is 6.76. The second-order valence-corrected chi connectivity index (χ2v) is 6.76. The number of halogens is 2. The van der Waals surface area contributed by atoms with Crippen molar-refractivity contribution in [3.63, 3.8) is 0 Å². The van der Waals surface area contributed by atoms with Gasteiger partial charge in [-0.25, -0.2) is 13.8 Å². The van der Waals surface area contributed by atoms with Crippen molar-refractivity contribution < 1.29 is 13.6 Å². The molecule has 1 aliphatic heterocycles. The van der Waals surface area contributed by atoms with Gasteiger partial charge in [-0.15, -0.1) is 0 Å². The highest BCUT2D eigenvalue weighted by molar-refractivity contribution is 6.07. The monoisotopic (exact) mass is 349 g/mol. The van der Waals surface area contributed by atoms with Gasteiger partial charge in [0.05, 0.1) is 10.9 Å². The molecule has 0 amide bonds. The lowest BCUT2D eigenvalue weighted by Crippen LogP contribution is -2.42.